The molecule has 2 aliphatic heterocycles. The quantitative estimate of drug-likeness (QED) is 0.722. The van der Waals surface area contributed by atoms with E-state index >= 15 is 0 Å². The number of hydrogen-bond acceptors (Lipinski definition) is 5. The van der Waals surface area contributed by atoms with Crippen molar-refractivity contribution in [2.24, 2.45) is 0 Å². The molecule has 0 amide bonds. The molecule has 1 saturated heterocycles. The summed E-state index contributed by atoms with van der Waals surface area (Å²) < 4.78 is 11.0. The van der Waals surface area contributed by atoms with Crippen LogP contribution in [0, 0.1) is 13.8 Å². The number of nitrogens with zero attached hydrogens (tertiary/aromatic N) is 2. The monoisotopic (exact) mass is 262 g/mol. The summed E-state index contributed by atoms with van der Waals surface area (Å²) in [6.45, 7) is 3.92. The Morgan fingerprint density at radius 1 is 1.32 bits per heavy atom. The summed E-state index contributed by atoms with van der Waals surface area (Å²) in [5.74, 6) is -0.251. The molecule has 1 aromatic rings. The number of ether oxygens (including phenoxy) is 2. The Hall–Kier alpha value is -1.49. The predicted octanol–water partition coefficient (Wildman–Crippen LogP) is 1.80. The smallest absolute Gasteiger partial charge is 0.338 e. The lowest BCUT2D eigenvalue weighted by molar-refractivity contribution is -0.168. The molecule has 3 heterocycles. The number of aromatic nitrogens is 2. The second kappa shape index (κ2) is 4.27. The molecule has 2 unspecified atom stereocenters. The summed E-state index contributed by atoms with van der Waals surface area (Å²) in [6, 6.07) is 0. The van der Waals surface area contributed by atoms with Gasteiger partial charge >= 0.3 is 5.97 Å². The molecular formula is C14H18N2O3. The number of carbonyl (C=O) groups excluding carboxylic acids is 1. The summed E-state index contributed by atoms with van der Waals surface area (Å²) in [7, 11) is 1.42. The van der Waals surface area contributed by atoms with E-state index in [1.165, 1.54) is 12.7 Å². The van der Waals surface area contributed by atoms with E-state index in [1.807, 2.05) is 13.8 Å². The molecule has 0 spiro atoms. The molecular weight excluding hydrogens is 244 g/mol. The van der Waals surface area contributed by atoms with Crippen LogP contribution in [-0.2, 0) is 20.7 Å². The van der Waals surface area contributed by atoms with Crippen molar-refractivity contribution in [3.8, 4) is 0 Å². The van der Waals surface area contributed by atoms with Crippen molar-refractivity contribution in [1.82, 2.24) is 10.2 Å². The Labute approximate surface area is 112 Å². The third-order valence-electron chi connectivity index (χ3n) is 4.34. The van der Waals surface area contributed by atoms with E-state index in [4.69, 9.17) is 9.47 Å². The van der Waals surface area contributed by atoms with Gasteiger partial charge in [0.2, 0.25) is 0 Å². The van der Waals surface area contributed by atoms with Crippen molar-refractivity contribution in [1.29, 1.82) is 0 Å². The molecule has 1 aromatic heterocycles. The summed E-state index contributed by atoms with van der Waals surface area (Å²) >= 11 is 0. The Balaban J connectivity index is 2.07. The minimum atomic E-state index is -0.767. The van der Waals surface area contributed by atoms with E-state index in [1.54, 1.807) is 0 Å². The molecule has 1 fully saturated rings. The van der Waals surface area contributed by atoms with Crippen LogP contribution in [0.2, 0.25) is 0 Å². The highest BCUT2D eigenvalue weighted by Crippen LogP contribution is 2.47. The van der Waals surface area contributed by atoms with Crippen LogP contribution in [-0.4, -0.2) is 28.9 Å². The first-order chi connectivity index (χ1) is 9.07. The number of aryl methyl sites for hydroxylation is 2. The van der Waals surface area contributed by atoms with Crippen molar-refractivity contribution >= 4 is 5.97 Å². The second-order valence-electron chi connectivity index (χ2n) is 5.39. The van der Waals surface area contributed by atoms with E-state index in [0.29, 0.717) is 6.42 Å². The normalized spacial score (nSPS) is 28.7. The van der Waals surface area contributed by atoms with Crippen LogP contribution in [0.25, 0.3) is 0 Å². The SMILES string of the molecule is COC(=O)C12CCc3c(C)nnc(C)c3C(CC1)O2. The molecule has 5 nitrogen and oxygen atoms in total. The highest BCUT2D eigenvalue weighted by atomic mass is 16.6. The first-order valence-electron chi connectivity index (χ1n) is 6.66. The molecule has 0 radical (unpaired) electrons. The molecule has 102 valence electrons. The first kappa shape index (κ1) is 12.5. The summed E-state index contributed by atoms with van der Waals surface area (Å²) in [4.78, 5) is 12.0. The van der Waals surface area contributed by atoms with Crippen molar-refractivity contribution < 1.29 is 14.3 Å². The number of hydrogen-bond donors (Lipinski definition) is 0. The van der Waals surface area contributed by atoms with E-state index in [-0.39, 0.29) is 12.1 Å². The van der Waals surface area contributed by atoms with Crippen LogP contribution in [0.5, 0.6) is 0 Å². The summed E-state index contributed by atoms with van der Waals surface area (Å²) in [5.41, 5.74) is 3.42. The maximum atomic E-state index is 12.0. The van der Waals surface area contributed by atoms with Crippen molar-refractivity contribution in [2.75, 3.05) is 7.11 Å². The molecule has 3 rings (SSSR count). The molecule has 2 atom stereocenters. The molecule has 5 heteroatoms. The molecule has 0 aliphatic carbocycles. The Morgan fingerprint density at radius 2 is 2.05 bits per heavy atom. The number of fused-ring (bicyclic) bond motifs is 4. The minimum Gasteiger partial charge on any atom is -0.467 e. The van der Waals surface area contributed by atoms with E-state index < -0.39 is 5.60 Å². The minimum absolute atomic E-state index is 0.0502. The maximum Gasteiger partial charge on any atom is 0.338 e. The topological polar surface area (TPSA) is 61.3 Å². The summed E-state index contributed by atoms with van der Waals surface area (Å²) in [5, 5.41) is 8.38. The van der Waals surface area contributed by atoms with E-state index in [2.05, 4.69) is 10.2 Å². The Kier molecular flexibility index (Phi) is 2.82. The van der Waals surface area contributed by atoms with Crippen LogP contribution in [0.15, 0.2) is 0 Å². The van der Waals surface area contributed by atoms with Gasteiger partial charge < -0.3 is 9.47 Å². The third kappa shape index (κ3) is 1.75. The average Bonchev–Trinajstić information content (AvgIpc) is 2.74. The standard InChI is InChI=1S/C14H18N2O3/c1-8-10-4-6-14(13(17)18-3)7-5-11(19-14)12(10)9(2)16-15-8/h11H,4-7H2,1-3H3. The van der Waals surface area contributed by atoms with Crippen molar-refractivity contribution in [3.63, 3.8) is 0 Å². The Bertz CT molecular complexity index is 544. The fourth-order valence-corrected chi connectivity index (χ4v) is 3.33. The van der Waals surface area contributed by atoms with Crippen LogP contribution in [0.4, 0.5) is 0 Å². The van der Waals surface area contributed by atoms with Crippen LogP contribution >= 0.6 is 0 Å². The maximum absolute atomic E-state index is 12.0. The lowest BCUT2D eigenvalue weighted by atomic mass is 9.86. The van der Waals surface area contributed by atoms with E-state index in [9.17, 15) is 4.79 Å². The van der Waals surface area contributed by atoms with Crippen LogP contribution < -0.4 is 0 Å². The number of methoxy groups -OCH3 is 1. The molecule has 2 bridgehead atoms. The van der Waals surface area contributed by atoms with Crippen LogP contribution in [0.1, 0.15) is 47.9 Å². The zero-order chi connectivity index (χ0) is 13.6. The highest BCUT2D eigenvalue weighted by molar-refractivity contribution is 5.80. The summed E-state index contributed by atoms with van der Waals surface area (Å²) in [6.07, 6.45) is 2.97. The lowest BCUT2D eigenvalue weighted by Crippen LogP contribution is -2.39. The van der Waals surface area contributed by atoms with Crippen molar-refractivity contribution in [2.45, 2.75) is 51.2 Å². The van der Waals surface area contributed by atoms with Gasteiger partial charge in [-0.05, 0) is 45.1 Å². The highest BCUT2D eigenvalue weighted by Gasteiger charge is 2.50. The molecule has 2 aliphatic rings. The van der Waals surface area contributed by atoms with Gasteiger partial charge in [0.05, 0.1) is 24.6 Å². The van der Waals surface area contributed by atoms with Gasteiger partial charge in [0.15, 0.2) is 5.60 Å². The fourth-order valence-electron chi connectivity index (χ4n) is 3.33. The molecule has 0 N–H and O–H groups in total. The lowest BCUT2D eigenvalue weighted by Gasteiger charge is -2.24. The zero-order valence-electron chi connectivity index (χ0n) is 11.5. The largest absolute Gasteiger partial charge is 0.467 e. The second-order valence-corrected chi connectivity index (χ2v) is 5.39. The average molecular weight is 262 g/mol. The first-order valence-corrected chi connectivity index (χ1v) is 6.66. The van der Waals surface area contributed by atoms with Gasteiger partial charge in [-0.3, -0.25) is 0 Å². The molecule has 0 saturated carbocycles. The van der Waals surface area contributed by atoms with Crippen LogP contribution in [0.3, 0.4) is 0 Å². The molecule has 19 heavy (non-hydrogen) atoms. The van der Waals surface area contributed by atoms with Gasteiger partial charge in [-0.2, -0.15) is 10.2 Å². The predicted molar refractivity (Wildman–Crippen MR) is 67.6 cm³/mol. The zero-order valence-corrected chi connectivity index (χ0v) is 11.5. The van der Waals surface area contributed by atoms with Gasteiger partial charge in [0.25, 0.3) is 0 Å². The van der Waals surface area contributed by atoms with Gasteiger partial charge in [-0.1, -0.05) is 0 Å². The third-order valence-corrected chi connectivity index (χ3v) is 4.34. The molecule has 0 aromatic carbocycles. The van der Waals surface area contributed by atoms with Crippen molar-refractivity contribution in [3.05, 3.63) is 22.5 Å². The van der Waals surface area contributed by atoms with Gasteiger partial charge in [0, 0.05) is 5.56 Å². The van der Waals surface area contributed by atoms with Gasteiger partial charge in [-0.15, -0.1) is 0 Å². The number of esters is 1. The number of carbonyl (C=O) groups is 1. The van der Waals surface area contributed by atoms with E-state index in [0.717, 1.165) is 36.2 Å². The van der Waals surface area contributed by atoms with Gasteiger partial charge in [-0.25, -0.2) is 4.79 Å². The Morgan fingerprint density at radius 3 is 2.79 bits per heavy atom. The van der Waals surface area contributed by atoms with Gasteiger partial charge in [0.1, 0.15) is 0 Å². The fraction of sp³-hybridized carbons (Fsp3) is 0.643. The number of rotatable bonds is 1.